The zero-order valence-corrected chi connectivity index (χ0v) is 19.4. The number of phenolic OH excluding ortho intramolecular Hbond substituents is 3. The molecule has 0 fully saturated rings. The van der Waals surface area contributed by atoms with Crippen LogP contribution < -0.4 is 4.74 Å². The molecule has 0 saturated carbocycles. The number of benzene rings is 3. The van der Waals surface area contributed by atoms with E-state index in [1.807, 2.05) is 72.7 Å². The Labute approximate surface area is 184 Å². The summed E-state index contributed by atoms with van der Waals surface area (Å²) in [5.74, 6) is 0.970. The molecular formula is C27H32O4. The van der Waals surface area contributed by atoms with E-state index < -0.39 is 0 Å². The predicted molar refractivity (Wildman–Crippen MR) is 125 cm³/mol. The van der Waals surface area contributed by atoms with Gasteiger partial charge >= 0.3 is 0 Å². The Morgan fingerprint density at radius 2 is 1.16 bits per heavy atom. The second-order valence-electron chi connectivity index (χ2n) is 8.35. The van der Waals surface area contributed by atoms with Gasteiger partial charge in [0.05, 0.1) is 6.61 Å². The van der Waals surface area contributed by atoms with Crippen molar-refractivity contribution >= 4 is 0 Å². The molecule has 4 heteroatoms. The number of ether oxygens (including phenoxy) is 1. The fourth-order valence-electron chi connectivity index (χ4n) is 4.51. The Kier molecular flexibility index (Phi) is 6.21. The largest absolute Gasteiger partial charge is 0.508 e. The summed E-state index contributed by atoms with van der Waals surface area (Å²) in [7, 11) is 0. The molecule has 0 aromatic heterocycles. The van der Waals surface area contributed by atoms with E-state index in [1.165, 1.54) is 0 Å². The number of hydrogen-bond acceptors (Lipinski definition) is 4. The van der Waals surface area contributed by atoms with Crippen LogP contribution in [-0.4, -0.2) is 21.9 Å². The lowest BCUT2D eigenvalue weighted by Gasteiger charge is -2.28. The van der Waals surface area contributed by atoms with Crippen molar-refractivity contribution in [2.75, 3.05) is 6.61 Å². The third-order valence-electron chi connectivity index (χ3n) is 6.45. The van der Waals surface area contributed by atoms with Gasteiger partial charge in [-0.05, 0) is 123 Å². The minimum absolute atomic E-state index is 0.106. The van der Waals surface area contributed by atoms with Gasteiger partial charge in [-0.1, -0.05) is 6.07 Å². The Hall–Kier alpha value is -3.14. The van der Waals surface area contributed by atoms with E-state index in [4.69, 9.17) is 4.74 Å². The zero-order valence-electron chi connectivity index (χ0n) is 19.4. The molecule has 3 aromatic rings. The number of phenols is 3. The summed E-state index contributed by atoms with van der Waals surface area (Å²) in [4.78, 5) is 0. The van der Waals surface area contributed by atoms with Gasteiger partial charge in [-0.2, -0.15) is 0 Å². The Morgan fingerprint density at radius 1 is 0.677 bits per heavy atom. The SMILES string of the molecule is CCOc1cc(C(c2c(C)cc(O)c(C)c2C)c2c(C)cc(O)c(C)c2C)ccc1O. The van der Waals surface area contributed by atoms with Gasteiger partial charge in [0, 0.05) is 5.92 Å². The molecule has 0 amide bonds. The van der Waals surface area contributed by atoms with E-state index in [0.717, 1.165) is 50.1 Å². The van der Waals surface area contributed by atoms with E-state index in [0.29, 0.717) is 12.4 Å². The van der Waals surface area contributed by atoms with Gasteiger partial charge in [0.1, 0.15) is 11.5 Å². The Balaban J connectivity index is 2.42. The molecule has 0 bridgehead atoms. The molecule has 31 heavy (non-hydrogen) atoms. The summed E-state index contributed by atoms with van der Waals surface area (Å²) in [6, 6.07) is 9.11. The van der Waals surface area contributed by atoms with Gasteiger partial charge in [0.2, 0.25) is 0 Å². The summed E-state index contributed by atoms with van der Waals surface area (Å²) >= 11 is 0. The molecule has 0 saturated heterocycles. The number of aromatic hydroxyl groups is 3. The molecule has 0 atom stereocenters. The maximum atomic E-state index is 10.4. The first-order valence-electron chi connectivity index (χ1n) is 10.6. The van der Waals surface area contributed by atoms with E-state index in [9.17, 15) is 15.3 Å². The van der Waals surface area contributed by atoms with E-state index in [2.05, 4.69) is 0 Å². The van der Waals surface area contributed by atoms with E-state index in [-0.39, 0.29) is 23.2 Å². The number of hydrogen-bond donors (Lipinski definition) is 3. The van der Waals surface area contributed by atoms with Crippen LogP contribution in [-0.2, 0) is 0 Å². The van der Waals surface area contributed by atoms with Crippen LogP contribution in [0.2, 0.25) is 0 Å². The van der Waals surface area contributed by atoms with Crippen molar-refractivity contribution in [1.82, 2.24) is 0 Å². The van der Waals surface area contributed by atoms with Crippen molar-refractivity contribution in [3.8, 4) is 23.0 Å². The van der Waals surface area contributed by atoms with Crippen LogP contribution in [0, 0.1) is 41.5 Å². The summed E-state index contributed by atoms with van der Waals surface area (Å²) in [5, 5.41) is 31.0. The van der Waals surface area contributed by atoms with Crippen molar-refractivity contribution in [3.05, 3.63) is 80.4 Å². The molecule has 0 aliphatic heterocycles. The van der Waals surface area contributed by atoms with E-state index >= 15 is 0 Å². The molecule has 3 N–H and O–H groups in total. The van der Waals surface area contributed by atoms with Gasteiger partial charge in [-0.3, -0.25) is 0 Å². The van der Waals surface area contributed by atoms with Gasteiger partial charge in [0.15, 0.2) is 11.5 Å². The molecule has 0 aliphatic carbocycles. The molecule has 3 rings (SSSR count). The average molecular weight is 421 g/mol. The first-order valence-corrected chi connectivity index (χ1v) is 10.6. The Morgan fingerprint density at radius 3 is 1.61 bits per heavy atom. The van der Waals surface area contributed by atoms with Crippen molar-refractivity contribution < 1.29 is 20.1 Å². The molecule has 0 heterocycles. The maximum absolute atomic E-state index is 10.4. The molecule has 164 valence electrons. The lowest BCUT2D eigenvalue weighted by molar-refractivity contribution is 0.317. The minimum Gasteiger partial charge on any atom is -0.508 e. The van der Waals surface area contributed by atoms with Crippen LogP contribution in [0.4, 0.5) is 0 Å². The first-order chi connectivity index (χ1) is 14.6. The van der Waals surface area contributed by atoms with Gasteiger partial charge < -0.3 is 20.1 Å². The normalized spacial score (nSPS) is 11.2. The molecule has 0 spiro atoms. The fourth-order valence-corrected chi connectivity index (χ4v) is 4.51. The molecule has 0 aliphatic rings. The van der Waals surface area contributed by atoms with E-state index in [1.54, 1.807) is 6.07 Å². The molecule has 0 radical (unpaired) electrons. The average Bonchev–Trinajstić information content (AvgIpc) is 2.71. The summed E-state index contributed by atoms with van der Waals surface area (Å²) < 4.78 is 5.68. The topological polar surface area (TPSA) is 69.9 Å². The first kappa shape index (κ1) is 22.5. The van der Waals surface area contributed by atoms with Gasteiger partial charge in [0.25, 0.3) is 0 Å². The predicted octanol–water partition coefficient (Wildman–Crippen LogP) is 6.23. The van der Waals surface area contributed by atoms with Crippen molar-refractivity contribution in [2.24, 2.45) is 0 Å². The molecule has 4 nitrogen and oxygen atoms in total. The van der Waals surface area contributed by atoms with Crippen LogP contribution in [0.25, 0.3) is 0 Å². The van der Waals surface area contributed by atoms with Gasteiger partial charge in [-0.15, -0.1) is 0 Å². The fraction of sp³-hybridized carbons (Fsp3) is 0.333. The van der Waals surface area contributed by atoms with Crippen LogP contribution in [0.15, 0.2) is 30.3 Å². The summed E-state index contributed by atoms with van der Waals surface area (Å²) in [5.41, 5.74) is 8.92. The van der Waals surface area contributed by atoms with Crippen molar-refractivity contribution in [3.63, 3.8) is 0 Å². The summed E-state index contributed by atoms with van der Waals surface area (Å²) in [6.45, 7) is 14.3. The second-order valence-corrected chi connectivity index (χ2v) is 8.35. The van der Waals surface area contributed by atoms with Crippen molar-refractivity contribution in [2.45, 2.75) is 54.4 Å². The smallest absolute Gasteiger partial charge is 0.161 e. The quantitative estimate of drug-likeness (QED) is 0.428. The highest BCUT2D eigenvalue weighted by atomic mass is 16.5. The number of aryl methyl sites for hydroxylation is 2. The maximum Gasteiger partial charge on any atom is 0.161 e. The lowest BCUT2D eigenvalue weighted by Crippen LogP contribution is -2.13. The third kappa shape index (κ3) is 3.95. The van der Waals surface area contributed by atoms with Crippen LogP contribution in [0.3, 0.4) is 0 Å². The van der Waals surface area contributed by atoms with Crippen LogP contribution in [0.5, 0.6) is 23.0 Å². The minimum atomic E-state index is -0.154. The van der Waals surface area contributed by atoms with Crippen molar-refractivity contribution in [1.29, 1.82) is 0 Å². The van der Waals surface area contributed by atoms with Gasteiger partial charge in [-0.25, -0.2) is 0 Å². The second kappa shape index (κ2) is 8.54. The highest BCUT2D eigenvalue weighted by Crippen LogP contribution is 2.44. The number of rotatable bonds is 5. The third-order valence-corrected chi connectivity index (χ3v) is 6.45. The molecule has 0 unspecified atom stereocenters. The lowest BCUT2D eigenvalue weighted by atomic mass is 9.76. The monoisotopic (exact) mass is 420 g/mol. The standard InChI is InChI=1S/C27H32O4/c1-8-31-24-13-20(9-10-21(24)28)27(25-14(2)11-22(29)16(4)18(25)6)26-15(3)12-23(30)17(5)19(26)7/h9-13,27-30H,8H2,1-7H3. The molecule has 3 aromatic carbocycles. The van der Waals surface area contributed by atoms with Crippen LogP contribution >= 0.6 is 0 Å². The Bertz CT molecular complexity index is 1080. The van der Waals surface area contributed by atoms with Crippen LogP contribution in [0.1, 0.15) is 62.9 Å². The highest BCUT2D eigenvalue weighted by molar-refractivity contribution is 5.61. The highest BCUT2D eigenvalue weighted by Gasteiger charge is 2.27. The zero-order chi connectivity index (χ0) is 23.0. The summed E-state index contributed by atoms with van der Waals surface area (Å²) in [6.07, 6.45) is 0. The molecular weight excluding hydrogens is 388 g/mol.